The lowest BCUT2D eigenvalue weighted by atomic mass is 9.91. The summed E-state index contributed by atoms with van der Waals surface area (Å²) in [6, 6.07) is 8.56. The van der Waals surface area contributed by atoms with E-state index in [9.17, 15) is 9.59 Å². The van der Waals surface area contributed by atoms with Crippen LogP contribution in [0.3, 0.4) is 0 Å². The van der Waals surface area contributed by atoms with Crippen molar-refractivity contribution in [2.45, 2.75) is 78.3 Å². The summed E-state index contributed by atoms with van der Waals surface area (Å²) in [5, 5.41) is 3.20. The van der Waals surface area contributed by atoms with Crippen molar-refractivity contribution in [3.8, 4) is 0 Å². The lowest BCUT2D eigenvalue weighted by molar-refractivity contribution is -0.123. The summed E-state index contributed by atoms with van der Waals surface area (Å²) in [4.78, 5) is 29.9. The first-order valence-corrected chi connectivity index (χ1v) is 11.2. The minimum absolute atomic E-state index is 0.00960. The van der Waals surface area contributed by atoms with Gasteiger partial charge in [-0.25, -0.2) is 0 Å². The third-order valence-corrected chi connectivity index (χ3v) is 6.09. The van der Waals surface area contributed by atoms with Gasteiger partial charge in [0.1, 0.15) is 0 Å². The van der Waals surface area contributed by atoms with Gasteiger partial charge in [0, 0.05) is 43.8 Å². The smallest absolute Gasteiger partial charge is 0.256 e. The Labute approximate surface area is 175 Å². The van der Waals surface area contributed by atoms with Crippen LogP contribution < -0.4 is 10.2 Å². The molecule has 0 aromatic heterocycles. The van der Waals surface area contributed by atoms with Crippen molar-refractivity contribution in [3.63, 3.8) is 0 Å². The fraction of sp³-hybridized carbons (Fsp3) is 0.667. The van der Waals surface area contributed by atoms with Gasteiger partial charge in [-0.1, -0.05) is 32.9 Å². The van der Waals surface area contributed by atoms with Gasteiger partial charge >= 0.3 is 0 Å². The van der Waals surface area contributed by atoms with E-state index in [4.69, 9.17) is 0 Å². The summed E-state index contributed by atoms with van der Waals surface area (Å²) < 4.78 is 0. The second-order valence-electron chi connectivity index (χ2n) is 9.93. The van der Waals surface area contributed by atoms with Crippen molar-refractivity contribution in [3.05, 3.63) is 29.8 Å². The SMILES string of the molecule is C[C@H]1CCCCN1C(=O)c1ccccc1N1CCC(NC(=O)CC(C)(C)C)CC1. The highest BCUT2D eigenvalue weighted by atomic mass is 16.2. The van der Waals surface area contributed by atoms with Crippen LogP contribution in [0.4, 0.5) is 5.69 Å². The van der Waals surface area contributed by atoms with Crippen LogP contribution in [-0.2, 0) is 4.79 Å². The number of piperidine rings is 2. The molecule has 5 nitrogen and oxygen atoms in total. The molecule has 1 N–H and O–H groups in total. The molecule has 160 valence electrons. The van der Waals surface area contributed by atoms with Crippen LogP contribution in [0.1, 0.15) is 76.6 Å². The van der Waals surface area contributed by atoms with Crippen molar-refractivity contribution in [2.75, 3.05) is 24.5 Å². The van der Waals surface area contributed by atoms with Gasteiger partial charge in [0.05, 0.1) is 5.56 Å². The summed E-state index contributed by atoms with van der Waals surface area (Å²) in [7, 11) is 0. The second-order valence-corrected chi connectivity index (χ2v) is 9.93. The van der Waals surface area contributed by atoms with E-state index in [-0.39, 0.29) is 23.3 Å². The molecule has 0 saturated carbocycles. The first kappa shape index (κ1) is 21.7. The lowest BCUT2D eigenvalue weighted by Gasteiger charge is -2.37. The molecule has 1 aromatic rings. The Morgan fingerprint density at radius 3 is 2.38 bits per heavy atom. The van der Waals surface area contributed by atoms with Crippen LogP contribution in [0.2, 0.25) is 0 Å². The summed E-state index contributed by atoms with van der Waals surface area (Å²) in [6.07, 6.45) is 5.78. The van der Waals surface area contributed by atoms with E-state index in [1.165, 1.54) is 6.42 Å². The van der Waals surface area contributed by atoms with Gasteiger partial charge in [-0.15, -0.1) is 0 Å². The van der Waals surface area contributed by atoms with E-state index in [1.807, 2.05) is 23.1 Å². The molecule has 2 heterocycles. The summed E-state index contributed by atoms with van der Waals surface area (Å²) in [5.74, 6) is 0.305. The number of carbonyl (C=O) groups excluding carboxylic acids is 2. The topological polar surface area (TPSA) is 52.7 Å². The van der Waals surface area contributed by atoms with Crippen molar-refractivity contribution < 1.29 is 9.59 Å². The Morgan fingerprint density at radius 2 is 1.72 bits per heavy atom. The molecule has 0 aliphatic carbocycles. The lowest BCUT2D eigenvalue weighted by Crippen LogP contribution is -2.46. The predicted octanol–water partition coefficient (Wildman–Crippen LogP) is 4.22. The number of hydrogen-bond acceptors (Lipinski definition) is 3. The maximum atomic E-state index is 13.3. The molecule has 1 aromatic carbocycles. The average molecular weight is 400 g/mol. The molecular weight excluding hydrogens is 362 g/mol. The zero-order valence-corrected chi connectivity index (χ0v) is 18.5. The maximum Gasteiger partial charge on any atom is 0.256 e. The molecule has 5 heteroatoms. The number of hydrogen-bond donors (Lipinski definition) is 1. The van der Waals surface area contributed by atoms with Gasteiger partial charge in [0.25, 0.3) is 5.91 Å². The molecule has 2 saturated heterocycles. The van der Waals surface area contributed by atoms with Crippen LogP contribution >= 0.6 is 0 Å². The molecule has 0 spiro atoms. The van der Waals surface area contributed by atoms with Gasteiger partial charge in [-0.2, -0.15) is 0 Å². The number of amides is 2. The minimum atomic E-state index is 0.00960. The average Bonchev–Trinajstić information content (AvgIpc) is 2.67. The molecular formula is C24H37N3O2. The highest BCUT2D eigenvalue weighted by Gasteiger charge is 2.29. The molecule has 2 amide bonds. The Kier molecular flexibility index (Phi) is 6.86. The zero-order valence-electron chi connectivity index (χ0n) is 18.5. The molecule has 3 rings (SSSR count). The van der Waals surface area contributed by atoms with Gasteiger partial charge in [-0.05, 0) is 56.6 Å². The number of anilines is 1. The first-order chi connectivity index (χ1) is 13.7. The van der Waals surface area contributed by atoms with E-state index in [0.717, 1.165) is 56.6 Å². The summed E-state index contributed by atoms with van der Waals surface area (Å²) >= 11 is 0. The number of para-hydroxylation sites is 1. The third kappa shape index (κ3) is 5.74. The van der Waals surface area contributed by atoms with Gasteiger partial charge in [0.2, 0.25) is 5.91 Å². The molecule has 0 unspecified atom stereocenters. The van der Waals surface area contributed by atoms with Crippen molar-refractivity contribution >= 4 is 17.5 Å². The molecule has 2 aliphatic rings. The first-order valence-electron chi connectivity index (χ1n) is 11.2. The molecule has 29 heavy (non-hydrogen) atoms. The third-order valence-electron chi connectivity index (χ3n) is 6.09. The quantitative estimate of drug-likeness (QED) is 0.825. The number of nitrogens with one attached hydrogen (secondary N) is 1. The van der Waals surface area contributed by atoms with Crippen molar-refractivity contribution in [2.24, 2.45) is 5.41 Å². The Balaban J connectivity index is 1.63. The van der Waals surface area contributed by atoms with Gasteiger partial charge in [-0.3, -0.25) is 9.59 Å². The largest absolute Gasteiger partial charge is 0.371 e. The monoisotopic (exact) mass is 399 g/mol. The van der Waals surface area contributed by atoms with Crippen LogP contribution in [0.15, 0.2) is 24.3 Å². The number of carbonyl (C=O) groups is 2. The summed E-state index contributed by atoms with van der Waals surface area (Å²) in [5.41, 5.74) is 1.86. The number of nitrogens with zero attached hydrogens (tertiary/aromatic N) is 2. The fourth-order valence-electron chi connectivity index (χ4n) is 4.51. The second kappa shape index (κ2) is 9.19. The predicted molar refractivity (Wildman–Crippen MR) is 118 cm³/mol. The van der Waals surface area contributed by atoms with E-state index in [0.29, 0.717) is 12.5 Å². The number of benzene rings is 1. The molecule has 0 bridgehead atoms. The molecule has 0 radical (unpaired) electrons. The van der Waals surface area contributed by atoms with E-state index in [2.05, 4.69) is 44.0 Å². The number of likely N-dealkylation sites (tertiary alicyclic amines) is 1. The van der Waals surface area contributed by atoms with Gasteiger partial charge in [0.15, 0.2) is 0 Å². The summed E-state index contributed by atoms with van der Waals surface area (Å²) in [6.45, 7) is 11.0. The van der Waals surface area contributed by atoms with E-state index in [1.54, 1.807) is 0 Å². The molecule has 2 aliphatic heterocycles. The fourth-order valence-corrected chi connectivity index (χ4v) is 4.51. The molecule has 2 fully saturated rings. The van der Waals surface area contributed by atoms with Crippen LogP contribution in [0.5, 0.6) is 0 Å². The Bertz CT molecular complexity index is 717. The van der Waals surface area contributed by atoms with Gasteiger partial charge < -0.3 is 15.1 Å². The Hall–Kier alpha value is -2.04. The van der Waals surface area contributed by atoms with E-state index >= 15 is 0 Å². The van der Waals surface area contributed by atoms with Crippen LogP contribution in [0, 0.1) is 5.41 Å². The van der Waals surface area contributed by atoms with Crippen LogP contribution in [-0.4, -0.2) is 48.4 Å². The van der Waals surface area contributed by atoms with E-state index < -0.39 is 0 Å². The minimum Gasteiger partial charge on any atom is -0.371 e. The van der Waals surface area contributed by atoms with Crippen molar-refractivity contribution in [1.29, 1.82) is 0 Å². The standard InChI is InChI=1S/C24H37N3O2/c1-18-9-7-8-14-27(18)23(29)20-10-5-6-11-21(20)26-15-12-19(13-16-26)25-22(28)17-24(2,3)4/h5-6,10-11,18-19H,7-9,12-17H2,1-4H3,(H,25,28)/t18-/m0/s1. The number of rotatable bonds is 4. The van der Waals surface area contributed by atoms with Crippen molar-refractivity contribution in [1.82, 2.24) is 10.2 Å². The zero-order chi connectivity index (χ0) is 21.0. The highest BCUT2D eigenvalue weighted by Crippen LogP contribution is 2.28. The molecule has 1 atom stereocenters. The normalized spacial score (nSPS) is 21.2. The Morgan fingerprint density at radius 1 is 1.03 bits per heavy atom. The van der Waals surface area contributed by atoms with Crippen LogP contribution in [0.25, 0.3) is 0 Å². The highest BCUT2D eigenvalue weighted by molar-refractivity contribution is 6.00. The maximum absolute atomic E-state index is 13.3.